The SMILES string of the molecule is Nc1nc2c(-c3ncc4c(N5C[C@H]6CC[C@@H](C5)N6)nc(OC[C@@]56CCCN5C[C@@]5(CC5(F)F)C6)nc4c3F)ccc(F)c2s1. The second-order valence-electron chi connectivity index (χ2n) is 13.3. The van der Waals surface area contributed by atoms with Crippen molar-refractivity contribution in [3.8, 4) is 17.3 Å². The second-order valence-corrected chi connectivity index (χ2v) is 14.3. The molecule has 0 unspecified atom stereocenters. The van der Waals surface area contributed by atoms with Gasteiger partial charge in [0.25, 0.3) is 5.92 Å². The highest BCUT2D eigenvalue weighted by molar-refractivity contribution is 7.22. The van der Waals surface area contributed by atoms with Gasteiger partial charge < -0.3 is 20.7 Å². The quantitative estimate of drug-likeness (QED) is 0.304. The molecule has 9 rings (SSSR count). The summed E-state index contributed by atoms with van der Waals surface area (Å²) in [6, 6.07) is 3.29. The Morgan fingerprint density at radius 2 is 1.86 bits per heavy atom. The molecule has 4 atom stereocenters. The van der Waals surface area contributed by atoms with Crippen LogP contribution in [0.1, 0.15) is 38.5 Å². The van der Waals surface area contributed by atoms with Gasteiger partial charge in [0, 0.05) is 49.9 Å². The van der Waals surface area contributed by atoms with E-state index in [4.69, 9.17) is 15.5 Å². The van der Waals surface area contributed by atoms with E-state index in [0.29, 0.717) is 54.9 Å². The van der Waals surface area contributed by atoms with Gasteiger partial charge in [-0.2, -0.15) is 9.97 Å². The number of ether oxygens (including phenoxy) is 1. The van der Waals surface area contributed by atoms with E-state index in [2.05, 4.69) is 30.1 Å². The monoisotopic (exact) mass is 626 g/mol. The summed E-state index contributed by atoms with van der Waals surface area (Å²) in [6.45, 7) is 2.66. The molecule has 44 heavy (non-hydrogen) atoms. The van der Waals surface area contributed by atoms with Crippen LogP contribution in [0.4, 0.5) is 28.5 Å². The van der Waals surface area contributed by atoms with Crippen LogP contribution in [-0.2, 0) is 0 Å². The van der Waals surface area contributed by atoms with Crippen LogP contribution in [0.5, 0.6) is 6.01 Å². The molecule has 3 N–H and O–H groups in total. The molecule has 3 aromatic heterocycles. The van der Waals surface area contributed by atoms with E-state index in [1.54, 1.807) is 6.20 Å². The summed E-state index contributed by atoms with van der Waals surface area (Å²) < 4.78 is 66.4. The molecule has 1 aromatic carbocycles. The van der Waals surface area contributed by atoms with Gasteiger partial charge in [-0.05, 0) is 50.8 Å². The number of piperazine rings is 1. The molecule has 7 heterocycles. The highest BCUT2D eigenvalue weighted by Crippen LogP contribution is 2.69. The molecule has 5 fully saturated rings. The van der Waals surface area contributed by atoms with Crippen LogP contribution in [0.15, 0.2) is 18.3 Å². The minimum Gasteiger partial charge on any atom is -0.461 e. The number of nitrogen functional groups attached to an aromatic ring is 1. The summed E-state index contributed by atoms with van der Waals surface area (Å²) in [4.78, 5) is 22.4. The van der Waals surface area contributed by atoms with Gasteiger partial charge in [-0.25, -0.2) is 22.5 Å². The summed E-state index contributed by atoms with van der Waals surface area (Å²) >= 11 is 0.989. The smallest absolute Gasteiger partial charge is 0.319 e. The van der Waals surface area contributed by atoms with E-state index >= 15 is 4.39 Å². The van der Waals surface area contributed by atoms with Crippen LogP contribution in [0, 0.1) is 17.0 Å². The number of nitrogens with zero attached hydrogens (tertiary/aromatic N) is 6. The van der Waals surface area contributed by atoms with Crippen LogP contribution in [0.25, 0.3) is 32.4 Å². The maximum absolute atomic E-state index is 16.6. The molecule has 5 aliphatic rings. The van der Waals surface area contributed by atoms with Crippen LogP contribution in [0.2, 0.25) is 0 Å². The Bertz CT molecular complexity index is 1840. The summed E-state index contributed by atoms with van der Waals surface area (Å²) in [5.74, 6) is -3.31. The Hall–Kier alpha value is -3.36. The van der Waals surface area contributed by atoms with Gasteiger partial charge in [0.15, 0.2) is 10.9 Å². The lowest BCUT2D eigenvalue weighted by atomic mass is 9.89. The van der Waals surface area contributed by atoms with Crippen molar-refractivity contribution in [1.29, 1.82) is 0 Å². The van der Waals surface area contributed by atoms with E-state index in [0.717, 1.165) is 43.6 Å². The third-order valence-electron chi connectivity index (χ3n) is 10.5. The number of benzene rings is 1. The lowest BCUT2D eigenvalue weighted by Crippen LogP contribution is -2.51. The largest absolute Gasteiger partial charge is 0.461 e. The highest BCUT2D eigenvalue weighted by atomic mass is 32.1. The zero-order chi connectivity index (χ0) is 30.0. The average molecular weight is 627 g/mol. The van der Waals surface area contributed by atoms with Crippen LogP contribution in [0.3, 0.4) is 0 Å². The zero-order valence-corrected chi connectivity index (χ0v) is 24.6. The molecule has 1 saturated carbocycles. The number of nitrogens with one attached hydrogen (secondary N) is 1. The first-order valence-corrected chi connectivity index (χ1v) is 15.9. The lowest BCUT2D eigenvalue weighted by Gasteiger charge is -2.34. The van der Waals surface area contributed by atoms with Gasteiger partial charge in [-0.3, -0.25) is 9.88 Å². The number of hydrogen-bond acceptors (Lipinski definition) is 10. The zero-order valence-electron chi connectivity index (χ0n) is 23.8. The standard InChI is InChI=1S/C30H30F4N8OS/c31-19-5-4-17(23-24(19)44-26(35)38-23)21-20(32)22-18(8-36-21)25(41-9-15-2-3-16(10-41)37-15)40-27(39-22)43-14-29-6-1-7-42(29)13-28(11-29)12-30(28,33)34/h4-5,8,15-16,37H,1-3,6-7,9-14H2,(H2,35,38)/t15-,16+,28-,29-/m0/s1. The summed E-state index contributed by atoms with van der Waals surface area (Å²) in [6.07, 6.45) is 5.60. The Morgan fingerprint density at radius 1 is 1.07 bits per heavy atom. The number of thiazole rings is 1. The molecular weight excluding hydrogens is 596 g/mol. The van der Waals surface area contributed by atoms with E-state index in [1.165, 1.54) is 12.1 Å². The fourth-order valence-corrected chi connectivity index (χ4v) is 9.08. The van der Waals surface area contributed by atoms with Gasteiger partial charge in [-0.15, -0.1) is 0 Å². The number of aromatic nitrogens is 4. The van der Waals surface area contributed by atoms with E-state index in [9.17, 15) is 13.2 Å². The van der Waals surface area contributed by atoms with Gasteiger partial charge in [0.1, 0.15) is 29.5 Å². The molecule has 0 amide bonds. The summed E-state index contributed by atoms with van der Waals surface area (Å²) in [5, 5.41) is 4.21. The van der Waals surface area contributed by atoms with Gasteiger partial charge in [0.2, 0.25) is 0 Å². The third kappa shape index (κ3) is 3.89. The molecule has 4 aliphatic heterocycles. The van der Waals surface area contributed by atoms with E-state index in [1.807, 2.05) is 0 Å². The van der Waals surface area contributed by atoms with Crippen molar-refractivity contribution in [1.82, 2.24) is 30.2 Å². The maximum atomic E-state index is 16.6. The van der Waals surface area contributed by atoms with E-state index in [-0.39, 0.29) is 45.6 Å². The first-order chi connectivity index (χ1) is 21.1. The Balaban J connectivity index is 1.13. The van der Waals surface area contributed by atoms with Gasteiger partial charge in [0.05, 0.1) is 26.6 Å². The van der Waals surface area contributed by atoms with Crippen LogP contribution in [-0.4, -0.2) is 81.2 Å². The predicted octanol–water partition coefficient (Wildman–Crippen LogP) is 4.75. The third-order valence-corrected chi connectivity index (χ3v) is 11.4. The number of nitrogens with two attached hydrogens (primary N) is 1. The second kappa shape index (κ2) is 9.10. The van der Waals surface area contributed by atoms with E-state index < -0.39 is 28.5 Å². The number of alkyl halides is 2. The molecule has 2 bridgehead atoms. The number of rotatable bonds is 5. The van der Waals surface area contributed by atoms with Crippen molar-refractivity contribution in [2.45, 2.75) is 62.1 Å². The van der Waals surface area contributed by atoms with Crippen molar-refractivity contribution >= 4 is 43.4 Å². The number of anilines is 2. The van der Waals surface area contributed by atoms with Crippen molar-refractivity contribution in [3.63, 3.8) is 0 Å². The van der Waals surface area contributed by atoms with Crippen molar-refractivity contribution in [2.24, 2.45) is 5.41 Å². The lowest BCUT2D eigenvalue weighted by molar-refractivity contribution is 0.0647. The minimum atomic E-state index is -2.64. The Morgan fingerprint density at radius 3 is 2.64 bits per heavy atom. The molecule has 0 radical (unpaired) electrons. The molecule has 4 aromatic rings. The van der Waals surface area contributed by atoms with Crippen molar-refractivity contribution < 1.29 is 22.3 Å². The Labute approximate surface area is 253 Å². The Kier molecular flexibility index (Phi) is 5.58. The minimum absolute atomic E-state index is 0.00122. The summed E-state index contributed by atoms with van der Waals surface area (Å²) in [7, 11) is 0. The highest BCUT2D eigenvalue weighted by Gasteiger charge is 2.77. The summed E-state index contributed by atoms with van der Waals surface area (Å²) in [5.41, 5.74) is 4.92. The molecule has 1 spiro atoms. The average Bonchev–Trinajstić information content (AvgIpc) is 3.51. The molecule has 1 aliphatic carbocycles. The topological polar surface area (TPSA) is 105 Å². The first-order valence-electron chi connectivity index (χ1n) is 15.1. The molecule has 230 valence electrons. The normalized spacial score (nSPS) is 30.6. The molecule has 14 heteroatoms. The maximum Gasteiger partial charge on any atom is 0.319 e. The van der Waals surface area contributed by atoms with Crippen molar-refractivity contribution in [2.75, 3.05) is 43.4 Å². The molecule has 4 saturated heterocycles. The first kappa shape index (κ1) is 27.0. The van der Waals surface area contributed by atoms with Crippen LogP contribution < -0.4 is 20.7 Å². The van der Waals surface area contributed by atoms with Gasteiger partial charge >= 0.3 is 6.01 Å². The number of pyridine rings is 1. The number of hydrogen-bond donors (Lipinski definition) is 2. The number of halogens is 4. The van der Waals surface area contributed by atoms with Gasteiger partial charge in [-0.1, -0.05) is 11.3 Å². The molecular formula is C30H30F4N8OS. The molecule has 9 nitrogen and oxygen atoms in total. The fraction of sp³-hybridized carbons (Fsp3) is 0.533. The predicted molar refractivity (Wildman–Crippen MR) is 158 cm³/mol. The number of fused-ring (bicyclic) bond motifs is 5. The van der Waals surface area contributed by atoms with Crippen molar-refractivity contribution in [3.05, 3.63) is 30.0 Å². The van der Waals surface area contributed by atoms with Crippen LogP contribution >= 0.6 is 11.3 Å². The fourth-order valence-electron chi connectivity index (χ4n) is 8.32.